The first-order valence-corrected chi connectivity index (χ1v) is 3.83. The molecule has 0 fully saturated rings. The van der Waals surface area contributed by atoms with Crippen LogP contribution in [0.5, 0.6) is 0 Å². The Labute approximate surface area is 75.0 Å². The van der Waals surface area contributed by atoms with E-state index in [2.05, 4.69) is 17.3 Å². The summed E-state index contributed by atoms with van der Waals surface area (Å²) in [7, 11) is 0. The second kappa shape index (κ2) is 3.44. The summed E-state index contributed by atoms with van der Waals surface area (Å²) in [5.41, 5.74) is 5.86. The van der Waals surface area contributed by atoms with E-state index < -0.39 is 0 Å². The van der Waals surface area contributed by atoms with Crippen molar-refractivity contribution in [1.29, 1.82) is 0 Å². The summed E-state index contributed by atoms with van der Waals surface area (Å²) in [6, 6.07) is 3.10. The van der Waals surface area contributed by atoms with Crippen LogP contribution in [-0.2, 0) is 6.54 Å². The maximum absolute atomic E-state index is 11.1. The minimum absolute atomic E-state index is 0.187. The van der Waals surface area contributed by atoms with Crippen LogP contribution in [0.4, 0.5) is 0 Å². The molecule has 1 aromatic rings. The molecule has 12 heavy (non-hydrogen) atoms. The van der Waals surface area contributed by atoms with Gasteiger partial charge in [0.25, 0.3) is 5.56 Å². The van der Waals surface area contributed by atoms with Gasteiger partial charge in [-0.05, 0) is 13.0 Å². The molecule has 0 aromatic carbocycles. The number of nitrogens with zero attached hydrogens (tertiary/aromatic N) is 2. The van der Waals surface area contributed by atoms with E-state index in [1.54, 1.807) is 13.0 Å². The third-order valence-electron chi connectivity index (χ3n) is 1.31. The van der Waals surface area contributed by atoms with Crippen molar-refractivity contribution >= 4 is 17.2 Å². The van der Waals surface area contributed by atoms with Crippen LogP contribution < -0.4 is 11.3 Å². The summed E-state index contributed by atoms with van der Waals surface area (Å²) in [6.07, 6.45) is 0. The number of thiocarbonyl (C=S) groups is 1. The third kappa shape index (κ3) is 2.13. The number of nitrogens with two attached hydrogens (primary N) is 1. The Morgan fingerprint density at radius 2 is 2.42 bits per heavy atom. The van der Waals surface area contributed by atoms with E-state index in [0.717, 1.165) is 5.69 Å². The fourth-order valence-electron chi connectivity index (χ4n) is 0.812. The zero-order chi connectivity index (χ0) is 9.14. The SMILES string of the molecule is Cc1ccc(=O)n(CC(N)=S)n1. The van der Waals surface area contributed by atoms with Crippen molar-refractivity contribution in [3.63, 3.8) is 0 Å². The maximum atomic E-state index is 11.1. The number of hydrogen-bond acceptors (Lipinski definition) is 3. The first-order chi connectivity index (χ1) is 5.59. The second-order valence-corrected chi connectivity index (χ2v) is 2.96. The molecule has 1 rings (SSSR count). The van der Waals surface area contributed by atoms with Crippen LogP contribution in [0.3, 0.4) is 0 Å². The van der Waals surface area contributed by atoms with Gasteiger partial charge in [0.15, 0.2) is 0 Å². The number of aromatic nitrogens is 2. The molecular formula is C7H9N3OS. The summed E-state index contributed by atoms with van der Waals surface area (Å²) in [4.78, 5) is 11.4. The fourth-order valence-corrected chi connectivity index (χ4v) is 0.934. The van der Waals surface area contributed by atoms with Gasteiger partial charge < -0.3 is 5.73 Å². The molecule has 1 heterocycles. The second-order valence-electron chi connectivity index (χ2n) is 2.44. The van der Waals surface area contributed by atoms with Gasteiger partial charge in [-0.3, -0.25) is 4.79 Å². The molecule has 0 aliphatic heterocycles. The smallest absolute Gasteiger partial charge is 0.267 e. The summed E-state index contributed by atoms with van der Waals surface area (Å²) in [5.74, 6) is 0. The average Bonchev–Trinajstić information content (AvgIpc) is 1.96. The molecule has 4 nitrogen and oxygen atoms in total. The predicted molar refractivity (Wildman–Crippen MR) is 50.0 cm³/mol. The van der Waals surface area contributed by atoms with Gasteiger partial charge in [0, 0.05) is 6.07 Å². The molecule has 0 saturated carbocycles. The Kier molecular flexibility index (Phi) is 2.54. The summed E-state index contributed by atoms with van der Waals surface area (Å²) in [6.45, 7) is 2.01. The quantitative estimate of drug-likeness (QED) is 0.647. The molecule has 0 aliphatic carbocycles. The highest BCUT2D eigenvalue weighted by Gasteiger charge is 1.97. The van der Waals surface area contributed by atoms with E-state index in [1.165, 1.54) is 10.7 Å². The van der Waals surface area contributed by atoms with E-state index in [0.29, 0.717) is 0 Å². The van der Waals surface area contributed by atoms with Gasteiger partial charge >= 0.3 is 0 Å². The van der Waals surface area contributed by atoms with Crippen molar-refractivity contribution in [3.05, 3.63) is 28.2 Å². The highest BCUT2D eigenvalue weighted by atomic mass is 32.1. The lowest BCUT2D eigenvalue weighted by Gasteiger charge is -2.02. The van der Waals surface area contributed by atoms with Crippen LogP contribution in [0.2, 0.25) is 0 Å². The van der Waals surface area contributed by atoms with Gasteiger partial charge in [0.05, 0.1) is 17.2 Å². The van der Waals surface area contributed by atoms with Gasteiger partial charge in [-0.1, -0.05) is 12.2 Å². The topological polar surface area (TPSA) is 60.9 Å². The monoisotopic (exact) mass is 183 g/mol. The van der Waals surface area contributed by atoms with Crippen LogP contribution in [0, 0.1) is 6.92 Å². The third-order valence-corrected chi connectivity index (χ3v) is 1.43. The average molecular weight is 183 g/mol. The Morgan fingerprint density at radius 3 is 3.00 bits per heavy atom. The summed E-state index contributed by atoms with van der Waals surface area (Å²) < 4.78 is 1.25. The van der Waals surface area contributed by atoms with E-state index in [9.17, 15) is 4.79 Å². The Balaban J connectivity index is 3.06. The lowest BCUT2D eigenvalue weighted by molar-refractivity contribution is 0.659. The summed E-state index contributed by atoms with van der Waals surface area (Å²) >= 11 is 4.66. The van der Waals surface area contributed by atoms with Crippen LogP contribution in [-0.4, -0.2) is 14.8 Å². The number of hydrogen-bond donors (Lipinski definition) is 1. The van der Waals surface area contributed by atoms with Crippen molar-refractivity contribution < 1.29 is 0 Å². The minimum Gasteiger partial charge on any atom is -0.392 e. The van der Waals surface area contributed by atoms with Crippen LogP contribution >= 0.6 is 12.2 Å². The maximum Gasteiger partial charge on any atom is 0.267 e. The number of aryl methyl sites for hydroxylation is 1. The molecule has 5 heteroatoms. The van der Waals surface area contributed by atoms with Gasteiger partial charge in [-0.2, -0.15) is 5.10 Å². The summed E-state index contributed by atoms with van der Waals surface area (Å²) in [5, 5.41) is 3.95. The molecule has 0 unspecified atom stereocenters. The molecule has 0 saturated heterocycles. The first kappa shape index (κ1) is 8.86. The van der Waals surface area contributed by atoms with E-state index in [1.807, 2.05) is 0 Å². The zero-order valence-corrected chi connectivity index (χ0v) is 7.47. The lowest BCUT2D eigenvalue weighted by atomic mass is 10.4. The Morgan fingerprint density at radius 1 is 1.75 bits per heavy atom. The van der Waals surface area contributed by atoms with Crippen LogP contribution in [0.25, 0.3) is 0 Å². The molecule has 0 radical (unpaired) electrons. The van der Waals surface area contributed by atoms with Crippen molar-refractivity contribution in [2.75, 3.05) is 0 Å². The highest BCUT2D eigenvalue weighted by Crippen LogP contribution is 1.85. The predicted octanol–water partition coefficient (Wildman–Crippen LogP) is -0.162. The van der Waals surface area contributed by atoms with Gasteiger partial charge in [-0.15, -0.1) is 0 Å². The molecule has 2 N–H and O–H groups in total. The number of rotatable bonds is 2. The van der Waals surface area contributed by atoms with Crippen LogP contribution in [0.15, 0.2) is 16.9 Å². The molecule has 64 valence electrons. The van der Waals surface area contributed by atoms with Gasteiger partial charge in [0.1, 0.15) is 0 Å². The molecule has 0 spiro atoms. The molecule has 0 aliphatic rings. The molecular weight excluding hydrogens is 174 g/mol. The minimum atomic E-state index is -0.187. The van der Waals surface area contributed by atoms with Crippen molar-refractivity contribution in [3.8, 4) is 0 Å². The molecule has 0 atom stereocenters. The molecule has 0 bridgehead atoms. The van der Waals surface area contributed by atoms with E-state index in [-0.39, 0.29) is 17.1 Å². The van der Waals surface area contributed by atoms with E-state index >= 15 is 0 Å². The zero-order valence-electron chi connectivity index (χ0n) is 6.65. The molecule has 0 amide bonds. The van der Waals surface area contributed by atoms with Crippen LogP contribution in [0.1, 0.15) is 5.69 Å². The van der Waals surface area contributed by atoms with Gasteiger partial charge in [0.2, 0.25) is 0 Å². The van der Waals surface area contributed by atoms with Crippen molar-refractivity contribution in [2.24, 2.45) is 5.73 Å². The molecule has 1 aromatic heterocycles. The van der Waals surface area contributed by atoms with E-state index in [4.69, 9.17) is 5.73 Å². The fraction of sp³-hybridized carbons (Fsp3) is 0.286. The standard InChI is InChI=1S/C7H9N3OS/c1-5-2-3-7(11)10(9-5)4-6(8)12/h2-3H,4H2,1H3,(H2,8,12). The first-order valence-electron chi connectivity index (χ1n) is 3.42. The van der Waals surface area contributed by atoms with Crippen molar-refractivity contribution in [2.45, 2.75) is 13.5 Å². The lowest BCUT2D eigenvalue weighted by Crippen LogP contribution is -2.28. The largest absolute Gasteiger partial charge is 0.392 e. The Bertz CT molecular complexity index is 358. The normalized spacial score (nSPS) is 9.75. The highest BCUT2D eigenvalue weighted by molar-refractivity contribution is 7.80. The Hall–Kier alpha value is -1.23. The van der Waals surface area contributed by atoms with Crippen molar-refractivity contribution in [1.82, 2.24) is 9.78 Å². The van der Waals surface area contributed by atoms with Gasteiger partial charge in [-0.25, -0.2) is 4.68 Å².